The van der Waals surface area contributed by atoms with Gasteiger partial charge in [0, 0.05) is 16.6 Å². The van der Waals surface area contributed by atoms with E-state index in [4.69, 9.17) is 4.74 Å². The summed E-state index contributed by atoms with van der Waals surface area (Å²) in [4.78, 5) is 0. The average Bonchev–Trinajstić information content (AvgIpc) is 2.33. The Morgan fingerprint density at radius 1 is 1.39 bits per heavy atom. The fourth-order valence-electron chi connectivity index (χ4n) is 1.50. The highest BCUT2D eigenvalue weighted by atomic mass is 79.9. The summed E-state index contributed by atoms with van der Waals surface area (Å²) in [6.07, 6.45) is -0.226. The zero-order valence-electron chi connectivity index (χ0n) is 10.4. The molecule has 0 aliphatic rings. The standard InChI is InChI=1S/C13H18BrF2NO/c1-2-3-6-17-8-10-7-11(14)4-5-12(10)18-9-13(15)16/h4-5,7,13,17H,2-3,6,8-9H2,1H3. The van der Waals surface area contributed by atoms with Crippen LogP contribution < -0.4 is 10.1 Å². The molecule has 0 unspecified atom stereocenters. The molecule has 1 rings (SSSR count). The van der Waals surface area contributed by atoms with Gasteiger partial charge in [0.25, 0.3) is 6.43 Å². The first kappa shape index (κ1) is 15.4. The smallest absolute Gasteiger partial charge is 0.272 e. The van der Waals surface area contributed by atoms with Gasteiger partial charge in [-0.2, -0.15) is 0 Å². The Hall–Kier alpha value is -0.680. The third-order valence-corrected chi connectivity index (χ3v) is 2.90. The molecule has 0 atom stereocenters. The van der Waals surface area contributed by atoms with Crippen molar-refractivity contribution in [1.82, 2.24) is 5.32 Å². The molecule has 0 saturated carbocycles. The van der Waals surface area contributed by atoms with Crippen molar-refractivity contribution in [1.29, 1.82) is 0 Å². The third-order valence-electron chi connectivity index (χ3n) is 2.41. The quantitative estimate of drug-likeness (QED) is 0.731. The minimum atomic E-state index is -2.45. The van der Waals surface area contributed by atoms with Gasteiger partial charge in [0.15, 0.2) is 0 Å². The molecule has 0 bridgehead atoms. The number of benzene rings is 1. The number of rotatable bonds is 8. The number of ether oxygens (including phenoxy) is 1. The normalized spacial score (nSPS) is 10.9. The van der Waals surface area contributed by atoms with Gasteiger partial charge in [-0.3, -0.25) is 0 Å². The molecule has 0 aliphatic carbocycles. The van der Waals surface area contributed by atoms with Crippen molar-refractivity contribution in [2.75, 3.05) is 13.2 Å². The highest BCUT2D eigenvalue weighted by Crippen LogP contribution is 2.23. The fraction of sp³-hybridized carbons (Fsp3) is 0.538. The molecule has 1 aromatic rings. The van der Waals surface area contributed by atoms with Gasteiger partial charge in [-0.25, -0.2) is 8.78 Å². The highest BCUT2D eigenvalue weighted by molar-refractivity contribution is 9.10. The van der Waals surface area contributed by atoms with Crippen molar-refractivity contribution in [3.63, 3.8) is 0 Å². The topological polar surface area (TPSA) is 21.3 Å². The molecule has 2 nitrogen and oxygen atoms in total. The first-order valence-electron chi connectivity index (χ1n) is 6.03. The summed E-state index contributed by atoms with van der Waals surface area (Å²) in [5.74, 6) is 0.516. The molecule has 0 saturated heterocycles. The van der Waals surface area contributed by atoms with Crippen LogP contribution in [0.3, 0.4) is 0 Å². The molecule has 18 heavy (non-hydrogen) atoms. The van der Waals surface area contributed by atoms with Crippen LogP contribution in [-0.4, -0.2) is 19.6 Å². The predicted molar refractivity (Wildman–Crippen MR) is 72.3 cm³/mol. The van der Waals surface area contributed by atoms with Crippen LogP contribution in [0.1, 0.15) is 25.3 Å². The lowest BCUT2D eigenvalue weighted by atomic mass is 10.2. The first-order chi connectivity index (χ1) is 8.63. The molecule has 0 aromatic heterocycles. The van der Waals surface area contributed by atoms with Gasteiger partial charge in [0.05, 0.1) is 0 Å². The number of nitrogens with one attached hydrogen (secondary N) is 1. The molecule has 1 N–H and O–H groups in total. The first-order valence-corrected chi connectivity index (χ1v) is 6.83. The van der Waals surface area contributed by atoms with Crippen molar-refractivity contribution < 1.29 is 13.5 Å². The van der Waals surface area contributed by atoms with Crippen molar-refractivity contribution >= 4 is 15.9 Å². The molecule has 0 fully saturated rings. The van der Waals surface area contributed by atoms with Crippen LogP contribution >= 0.6 is 15.9 Å². The van der Waals surface area contributed by atoms with Crippen LogP contribution in [0, 0.1) is 0 Å². The average molecular weight is 322 g/mol. The molecule has 1 aromatic carbocycles. The number of alkyl halides is 2. The third kappa shape index (κ3) is 5.78. The number of halogens is 3. The molecule has 0 aliphatic heterocycles. The van der Waals surface area contributed by atoms with E-state index < -0.39 is 13.0 Å². The van der Waals surface area contributed by atoms with Crippen molar-refractivity contribution in [3.8, 4) is 5.75 Å². The minimum absolute atomic E-state index is 0.516. The lowest BCUT2D eigenvalue weighted by molar-refractivity contribution is 0.0813. The summed E-state index contributed by atoms with van der Waals surface area (Å²) in [6.45, 7) is 3.09. The molecule has 0 radical (unpaired) electrons. The van der Waals surface area contributed by atoms with E-state index in [2.05, 4.69) is 28.2 Å². The van der Waals surface area contributed by atoms with Crippen LogP contribution in [0.25, 0.3) is 0 Å². The summed E-state index contributed by atoms with van der Waals surface area (Å²) in [6, 6.07) is 5.39. The lowest BCUT2D eigenvalue weighted by Crippen LogP contribution is -2.16. The van der Waals surface area contributed by atoms with Gasteiger partial charge >= 0.3 is 0 Å². The maximum atomic E-state index is 12.1. The Morgan fingerprint density at radius 3 is 2.83 bits per heavy atom. The van der Waals surface area contributed by atoms with Gasteiger partial charge in [0.2, 0.25) is 0 Å². The van der Waals surface area contributed by atoms with Gasteiger partial charge in [0.1, 0.15) is 12.4 Å². The Bertz CT molecular complexity index is 361. The summed E-state index contributed by atoms with van der Waals surface area (Å²) in [7, 11) is 0. The predicted octanol–water partition coefficient (Wildman–Crippen LogP) is 3.98. The van der Waals surface area contributed by atoms with Crippen molar-refractivity contribution in [3.05, 3.63) is 28.2 Å². The Kier molecular flexibility index (Phi) is 7.20. The van der Waals surface area contributed by atoms with E-state index in [1.165, 1.54) is 0 Å². The lowest BCUT2D eigenvalue weighted by Gasteiger charge is -2.12. The van der Waals surface area contributed by atoms with E-state index in [1.807, 2.05) is 6.07 Å². The fourth-order valence-corrected chi connectivity index (χ4v) is 1.91. The summed E-state index contributed by atoms with van der Waals surface area (Å²) >= 11 is 3.37. The molecule has 102 valence electrons. The number of hydrogen-bond donors (Lipinski definition) is 1. The van der Waals surface area contributed by atoms with Crippen LogP contribution in [0.5, 0.6) is 5.75 Å². The van der Waals surface area contributed by atoms with Gasteiger partial charge in [-0.1, -0.05) is 29.3 Å². The Labute approximate surface area is 115 Å². The summed E-state index contributed by atoms with van der Waals surface area (Å²) in [5, 5.41) is 3.27. The Balaban J connectivity index is 2.58. The van der Waals surface area contributed by atoms with Crippen LogP contribution in [0.4, 0.5) is 8.78 Å². The summed E-state index contributed by atoms with van der Waals surface area (Å²) < 4.78 is 30.3. The maximum Gasteiger partial charge on any atom is 0.272 e. The molecule has 5 heteroatoms. The summed E-state index contributed by atoms with van der Waals surface area (Å²) in [5.41, 5.74) is 0.890. The number of hydrogen-bond acceptors (Lipinski definition) is 2. The molecular formula is C13H18BrF2NO. The monoisotopic (exact) mass is 321 g/mol. The highest BCUT2D eigenvalue weighted by Gasteiger charge is 2.08. The second-order valence-electron chi connectivity index (χ2n) is 3.98. The van der Waals surface area contributed by atoms with Gasteiger partial charge in [-0.05, 0) is 31.2 Å². The van der Waals surface area contributed by atoms with E-state index >= 15 is 0 Å². The molecule has 0 heterocycles. The van der Waals surface area contributed by atoms with Crippen LogP contribution in [-0.2, 0) is 6.54 Å². The van der Waals surface area contributed by atoms with Crippen LogP contribution in [0.2, 0.25) is 0 Å². The van der Waals surface area contributed by atoms with Gasteiger partial charge in [-0.15, -0.1) is 0 Å². The zero-order valence-corrected chi connectivity index (χ0v) is 12.0. The van der Waals surface area contributed by atoms with Crippen molar-refractivity contribution in [2.24, 2.45) is 0 Å². The van der Waals surface area contributed by atoms with E-state index in [-0.39, 0.29) is 0 Å². The second kappa shape index (κ2) is 8.43. The van der Waals surface area contributed by atoms with E-state index in [9.17, 15) is 8.78 Å². The maximum absolute atomic E-state index is 12.1. The van der Waals surface area contributed by atoms with E-state index in [0.29, 0.717) is 12.3 Å². The number of unbranched alkanes of at least 4 members (excludes halogenated alkanes) is 1. The largest absolute Gasteiger partial charge is 0.487 e. The molecule has 0 amide bonds. The molecular weight excluding hydrogens is 304 g/mol. The SMILES string of the molecule is CCCCNCc1cc(Br)ccc1OCC(F)F. The van der Waals surface area contributed by atoms with E-state index in [0.717, 1.165) is 29.4 Å². The van der Waals surface area contributed by atoms with Crippen LogP contribution in [0.15, 0.2) is 22.7 Å². The Morgan fingerprint density at radius 2 is 2.17 bits per heavy atom. The second-order valence-corrected chi connectivity index (χ2v) is 4.90. The van der Waals surface area contributed by atoms with Gasteiger partial charge < -0.3 is 10.1 Å². The van der Waals surface area contributed by atoms with E-state index in [1.54, 1.807) is 12.1 Å². The minimum Gasteiger partial charge on any atom is -0.487 e. The molecule has 0 spiro atoms. The van der Waals surface area contributed by atoms with Crippen molar-refractivity contribution in [2.45, 2.75) is 32.7 Å². The zero-order chi connectivity index (χ0) is 13.4.